The quantitative estimate of drug-likeness (QED) is 0.181. The Kier molecular flexibility index (Phi) is 7.34. The minimum absolute atomic E-state index is 0.816. The number of thiophene rings is 1. The molecule has 0 saturated carbocycles. The Hall–Kier alpha value is -6.23. The minimum Gasteiger partial charge on any atom is -0.255 e. The molecule has 0 unspecified atom stereocenters. The average molecular weight is 644 g/mol. The van der Waals surface area contributed by atoms with E-state index in [9.17, 15) is 0 Å². The summed E-state index contributed by atoms with van der Waals surface area (Å²) < 4.78 is 2.66. The van der Waals surface area contributed by atoms with E-state index >= 15 is 0 Å². The van der Waals surface area contributed by atoms with Crippen LogP contribution in [0.4, 0.5) is 0 Å². The van der Waals surface area contributed by atoms with Crippen molar-refractivity contribution in [1.29, 1.82) is 0 Å². The van der Waals surface area contributed by atoms with Gasteiger partial charge in [-0.1, -0.05) is 115 Å². The molecule has 0 amide bonds. The fourth-order valence-electron chi connectivity index (χ4n) is 6.44. The molecule has 0 fully saturated rings. The van der Waals surface area contributed by atoms with Crippen molar-refractivity contribution in [2.45, 2.75) is 0 Å². The molecule has 5 aromatic carbocycles. The monoisotopic (exact) mass is 643 g/mol. The van der Waals surface area contributed by atoms with E-state index in [1.807, 2.05) is 41.8 Å². The van der Waals surface area contributed by atoms with E-state index in [4.69, 9.17) is 9.97 Å². The van der Waals surface area contributed by atoms with Gasteiger partial charge in [0, 0.05) is 38.1 Å². The molecule has 0 bridgehead atoms. The first-order chi connectivity index (χ1) is 24.2. The molecule has 0 N–H and O–H groups in total. The van der Waals surface area contributed by atoms with Gasteiger partial charge < -0.3 is 0 Å². The van der Waals surface area contributed by atoms with Gasteiger partial charge >= 0.3 is 0 Å². The van der Waals surface area contributed by atoms with Crippen LogP contribution in [0.25, 0.3) is 87.5 Å². The van der Waals surface area contributed by atoms with Gasteiger partial charge in [0.25, 0.3) is 0 Å². The molecule has 4 aromatic heterocycles. The maximum atomic E-state index is 4.97. The lowest BCUT2D eigenvalue weighted by Crippen LogP contribution is -1.94. The molecule has 0 radical (unpaired) electrons. The maximum Gasteiger partial charge on any atom is 0.0900 e. The SMILES string of the molecule is c1ccc(-c2cc(-c3ccccn3)nc(-c3ccc(-c4ccc(-c5ccc(-c6ccc7sc8ccccc8c7c6)cc5)cc4)cn3)c2)cc1. The number of nitrogens with zero attached hydrogens (tertiary/aromatic N) is 3. The zero-order valence-corrected chi connectivity index (χ0v) is 27.3. The normalized spacial score (nSPS) is 11.3. The third kappa shape index (κ3) is 5.69. The fourth-order valence-corrected chi connectivity index (χ4v) is 7.52. The topological polar surface area (TPSA) is 38.7 Å². The van der Waals surface area contributed by atoms with Crippen molar-refractivity contribution in [2.24, 2.45) is 0 Å². The summed E-state index contributed by atoms with van der Waals surface area (Å²) in [5.41, 5.74) is 12.5. The minimum atomic E-state index is 0.816. The van der Waals surface area contributed by atoms with Gasteiger partial charge in [-0.05, 0) is 87.5 Å². The van der Waals surface area contributed by atoms with E-state index < -0.39 is 0 Å². The van der Waals surface area contributed by atoms with E-state index in [2.05, 4.69) is 145 Å². The van der Waals surface area contributed by atoms with Crippen LogP contribution >= 0.6 is 11.3 Å². The van der Waals surface area contributed by atoms with Gasteiger partial charge in [-0.2, -0.15) is 0 Å². The Labute approximate surface area is 288 Å². The van der Waals surface area contributed by atoms with E-state index in [-0.39, 0.29) is 0 Å². The maximum absolute atomic E-state index is 4.97. The van der Waals surface area contributed by atoms with Crippen LogP contribution in [0.5, 0.6) is 0 Å². The molecule has 0 aliphatic rings. The Morgan fingerprint density at radius 1 is 0.327 bits per heavy atom. The second-order valence-electron chi connectivity index (χ2n) is 12.1. The number of benzene rings is 5. The van der Waals surface area contributed by atoms with Crippen LogP contribution in [0.3, 0.4) is 0 Å². The number of aromatic nitrogens is 3. The third-order valence-electron chi connectivity index (χ3n) is 9.03. The first kappa shape index (κ1) is 29.0. The highest BCUT2D eigenvalue weighted by atomic mass is 32.1. The molecule has 0 atom stereocenters. The van der Waals surface area contributed by atoms with Gasteiger partial charge in [-0.3, -0.25) is 9.97 Å². The van der Waals surface area contributed by atoms with Crippen LogP contribution in [0.2, 0.25) is 0 Å². The van der Waals surface area contributed by atoms with Gasteiger partial charge in [0.2, 0.25) is 0 Å². The molecule has 0 spiro atoms. The highest BCUT2D eigenvalue weighted by Crippen LogP contribution is 2.37. The summed E-state index contributed by atoms with van der Waals surface area (Å²) in [5, 5.41) is 2.65. The molecule has 0 aliphatic carbocycles. The first-order valence-electron chi connectivity index (χ1n) is 16.3. The molecule has 9 aromatic rings. The number of pyridine rings is 3. The largest absolute Gasteiger partial charge is 0.255 e. The standard InChI is InChI=1S/C45H29N3S/c1-2-8-30(9-3-1)37-27-42(40-11-6-7-25-46-40)48-43(28-37)41-23-21-36(29-47-41)34-19-15-32(16-20-34)31-13-17-33(18-14-31)35-22-24-45-39(26-35)38-10-4-5-12-44(38)49-45/h1-29H. The van der Waals surface area contributed by atoms with Crippen LogP contribution in [0.1, 0.15) is 0 Å². The number of hydrogen-bond acceptors (Lipinski definition) is 4. The molecule has 230 valence electrons. The number of rotatable bonds is 6. The third-order valence-corrected chi connectivity index (χ3v) is 10.2. The van der Waals surface area contributed by atoms with Crippen molar-refractivity contribution in [2.75, 3.05) is 0 Å². The highest BCUT2D eigenvalue weighted by Gasteiger charge is 2.12. The smallest absolute Gasteiger partial charge is 0.0900 e. The van der Waals surface area contributed by atoms with Crippen LogP contribution in [0.15, 0.2) is 176 Å². The summed E-state index contributed by atoms with van der Waals surface area (Å²) in [5.74, 6) is 0. The highest BCUT2D eigenvalue weighted by molar-refractivity contribution is 7.25. The summed E-state index contributed by atoms with van der Waals surface area (Å²) in [4.78, 5) is 14.4. The Balaban J connectivity index is 0.964. The molecular formula is C45H29N3S. The Morgan fingerprint density at radius 3 is 1.55 bits per heavy atom. The summed E-state index contributed by atoms with van der Waals surface area (Å²) in [6.45, 7) is 0. The molecule has 4 heterocycles. The summed E-state index contributed by atoms with van der Waals surface area (Å²) in [6.07, 6.45) is 3.73. The van der Waals surface area contributed by atoms with Crippen molar-refractivity contribution < 1.29 is 0 Å². The lowest BCUT2D eigenvalue weighted by atomic mass is 9.97. The van der Waals surface area contributed by atoms with Gasteiger partial charge in [0.05, 0.1) is 22.8 Å². The summed E-state index contributed by atoms with van der Waals surface area (Å²) in [6, 6.07) is 57.7. The van der Waals surface area contributed by atoms with Crippen LogP contribution < -0.4 is 0 Å². The summed E-state index contributed by atoms with van der Waals surface area (Å²) in [7, 11) is 0. The van der Waals surface area contributed by atoms with Crippen molar-refractivity contribution in [3.63, 3.8) is 0 Å². The molecule has 4 heteroatoms. The van der Waals surface area contributed by atoms with Gasteiger partial charge in [-0.15, -0.1) is 11.3 Å². The van der Waals surface area contributed by atoms with Crippen LogP contribution in [0, 0.1) is 0 Å². The second-order valence-corrected chi connectivity index (χ2v) is 13.2. The number of hydrogen-bond donors (Lipinski definition) is 0. The molecular weight excluding hydrogens is 615 g/mol. The van der Waals surface area contributed by atoms with Gasteiger partial charge in [-0.25, -0.2) is 4.98 Å². The van der Waals surface area contributed by atoms with Gasteiger partial charge in [0.15, 0.2) is 0 Å². The zero-order chi connectivity index (χ0) is 32.6. The van der Waals surface area contributed by atoms with Crippen molar-refractivity contribution >= 4 is 31.5 Å². The Morgan fingerprint density at radius 2 is 0.878 bits per heavy atom. The van der Waals surface area contributed by atoms with Crippen LogP contribution in [-0.2, 0) is 0 Å². The lowest BCUT2D eigenvalue weighted by molar-refractivity contribution is 1.22. The molecule has 49 heavy (non-hydrogen) atoms. The second kappa shape index (κ2) is 12.4. The lowest BCUT2D eigenvalue weighted by Gasteiger charge is -2.10. The zero-order valence-electron chi connectivity index (χ0n) is 26.5. The fraction of sp³-hybridized carbons (Fsp3) is 0. The van der Waals surface area contributed by atoms with E-state index in [1.54, 1.807) is 6.20 Å². The van der Waals surface area contributed by atoms with Crippen LogP contribution in [-0.4, -0.2) is 15.0 Å². The number of fused-ring (bicyclic) bond motifs is 3. The predicted octanol–water partition coefficient (Wildman–Crippen LogP) is 12.2. The molecule has 9 rings (SSSR count). The predicted molar refractivity (Wildman–Crippen MR) is 205 cm³/mol. The Bertz CT molecular complexity index is 2500. The van der Waals surface area contributed by atoms with E-state index in [1.165, 1.54) is 42.4 Å². The van der Waals surface area contributed by atoms with E-state index in [0.29, 0.717) is 0 Å². The van der Waals surface area contributed by atoms with Gasteiger partial charge in [0.1, 0.15) is 0 Å². The van der Waals surface area contributed by atoms with Crippen molar-refractivity contribution in [1.82, 2.24) is 15.0 Å². The average Bonchev–Trinajstić information content (AvgIpc) is 3.57. The van der Waals surface area contributed by atoms with Crippen molar-refractivity contribution in [3.8, 4) is 67.3 Å². The molecule has 0 saturated heterocycles. The van der Waals surface area contributed by atoms with Crippen molar-refractivity contribution in [3.05, 3.63) is 176 Å². The molecule has 0 aliphatic heterocycles. The molecule has 3 nitrogen and oxygen atoms in total. The summed E-state index contributed by atoms with van der Waals surface area (Å²) >= 11 is 1.85. The first-order valence-corrected chi connectivity index (χ1v) is 17.1. The van der Waals surface area contributed by atoms with E-state index in [0.717, 1.165) is 45.0 Å².